The van der Waals surface area contributed by atoms with Crippen molar-refractivity contribution in [1.29, 1.82) is 0 Å². The Balaban J connectivity index is 3.11. The zero-order chi connectivity index (χ0) is 21.3. The molecule has 1 unspecified atom stereocenters. The Labute approximate surface area is 170 Å². The van der Waals surface area contributed by atoms with E-state index < -0.39 is 10.1 Å². The molecule has 28 heavy (non-hydrogen) atoms. The number of unbranched alkanes of at least 4 members (excludes halogenated alkanes) is 1. The molecule has 1 atom stereocenters. The summed E-state index contributed by atoms with van der Waals surface area (Å²) < 4.78 is 33.3. The van der Waals surface area contributed by atoms with Gasteiger partial charge in [0.2, 0.25) is 5.91 Å². The molecule has 0 heterocycles. The second-order valence-electron chi connectivity index (χ2n) is 7.63. The number of amides is 1. The van der Waals surface area contributed by atoms with Crippen LogP contribution in [0.1, 0.15) is 58.9 Å². The fourth-order valence-electron chi connectivity index (χ4n) is 3.15. The van der Waals surface area contributed by atoms with Crippen molar-refractivity contribution in [2.45, 2.75) is 59.9 Å². The van der Waals surface area contributed by atoms with Gasteiger partial charge in [-0.2, -0.15) is 8.42 Å². The molecular weight excluding hydrogens is 378 g/mol. The number of benzene rings is 1. The topological polar surface area (TPSA) is 72.9 Å². The first kappa shape index (κ1) is 24.3. The molecule has 0 aliphatic heterocycles. The molecule has 6 nitrogen and oxygen atoms in total. The molecule has 0 bridgehead atoms. The summed E-state index contributed by atoms with van der Waals surface area (Å²) in [4.78, 5) is 15.0. The average Bonchev–Trinajstić information content (AvgIpc) is 2.60. The maximum absolute atomic E-state index is 13.1. The van der Waals surface area contributed by atoms with Crippen LogP contribution in [-0.2, 0) is 21.5 Å². The largest absolute Gasteiger partial charge is 0.493 e. The van der Waals surface area contributed by atoms with Gasteiger partial charge < -0.3 is 13.8 Å². The number of rotatable bonds is 12. The maximum Gasteiger partial charge on any atom is 0.306 e. The number of hydrogen-bond acceptors (Lipinski definition) is 5. The quantitative estimate of drug-likeness (QED) is 0.479. The molecule has 1 aromatic carbocycles. The molecule has 0 fully saturated rings. The predicted octanol–water partition coefficient (Wildman–Crippen LogP) is 4.23. The molecule has 0 aliphatic carbocycles. The van der Waals surface area contributed by atoms with E-state index in [1.54, 1.807) is 12.1 Å². The van der Waals surface area contributed by atoms with Crippen molar-refractivity contribution in [1.82, 2.24) is 4.90 Å². The van der Waals surface area contributed by atoms with Gasteiger partial charge in [-0.1, -0.05) is 46.6 Å². The summed E-state index contributed by atoms with van der Waals surface area (Å²) in [6, 6.07) is 5.14. The van der Waals surface area contributed by atoms with Gasteiger partial charge in [-0.05, 0) is 36.5 Å². The minimum Gasteiger partial charge on any atom is -0.493 e. The molecule has 7 heteroatoms. The Morgan fingerprint density at radius 3 is 2.36 bits per heavy atom. The summed E-state index contributed by atoms with van der Waals surface area (Å²) in [5.41, 5.74) is 0.804. The lowest BCUT2D eigenvalue weighted by molar-refractivity contribution is -0.137. The monoisotopic (exact) mass is 413 g/mol. The molecule has 1 amide bonds. The van der Waals surface area contributed by atoms with Crippen LogP contribution >= 0.6 is 0 Å². The zero-order valence-corrected chi connectivity index (χ0v) is 18.8. The Kier molecular flexibility index (Phi) is 9.79. The summed E-state index contributed by atoms with van der Waals surface area (Å²) in [5, 5.41) is 0. The summed E-state index contributed by atoms with van der Waals surface area (Å²) in [6.07, 6.45) is 4.81. The van der Waals surface area contributed by atoms with Crippen molar-refractivity contribution >= 4 is 16.0 Å². The van der Waals surface area contributed by atoms with E-state index in [1.165, 1.54) is 7.11 Å². The third kappa shape index (κ3) is 8.09. The van der Waals surface area contributed by atoms with Crippen molar-refractivity contribution in [3.8, 4) is 11.5 Å². The number of methoxy groups -OCH3 is 1. The number of ether oxygens (including phenoxy) is 1. The highest BCUT2D eigenvalue weighted by molar-refractivity contribution is 7.86. The summed E-state index contributed by atoms with van der Waals surface area (Å²) in [7, 11) is -2.22. The Morgan fingerprint density at radius 2 is 1.86 bits per heavy atom. The second kappa shape index (κ2) is 11.3. The highest BCUT2D eigenvalue weighted by Crippen LogP contribution is 2.30. The fraction of sp³-hybridized carbons (Fsp3) is 0.667. The lowest BCUT2D eigenvalue weighted by Crippen LogP contribution is -2.38. The molecule has 0 saturated carbocycles. The fourth-order valence-corrected chi connectivity index (χ4v) is 3.61. The van der Waals surface area contributed by atoms with Gasteiger partial charge >= 0.3 is 10.1 Å². The van der Waals surface area contributed by atoms with Gasteiger partial charge in [0.15, 0.2) is 11.5 Å². The summed E-state index contributed by atoms with van der Waals surface area (Å²) in [5.74, 6) is 0.982. The van der Waals surface area contributed by atoms with Crippen LogP contribution in [0.15, 0.2) is 18.2 Å². The molecule has 0 spiro atoms. The molecule has 0 aromatic heterocycles. The number of hydrogen-bond donors (Lipinski definition) is 0. The first-order valence-corrected chi connectivity index (χ1v) is 11.8. The van der Waals surface area contributed by atoms with E-state index in [9.17, 15) is 13.2 Å². The van der Waals surface area contributed by atoms with Crippen LogP contribution in [0.25, 0.3) is 0 Å². The van der Waals surface area contributed by atoms with E-state index >= 15 is 0 Å². The molecule has 160 valence electrons. The molecule has 0 aliphatic rings. The maximum atomic E-state index is 13.1. The van der Waals surface area contributed by atoms with Crippen LogP contribution in [0.4, 0.5) is 0 Å². The van der Waals surface area contributed by atoms with E-state index in [2.05, 4.69) is 27.7 Å². The van der Waals surface area contributed by atoms with Gasteiger partial charge in [0.25, 0.3) is 0 Å². The van der Waals surface area contributed by atoms with Crippen molar-refractivity contribution in [2.75, 3.05) is 19.9 Å². The molecule has 0 N–H and O–H groups in total. The molecule has 0 radical (unpaired) electrons. The van der Waals surface area contributed by atoms with Gasteiger partial charge in [0.1, 0.15) is 0 Å². The minimum atomic E-state index is -3.68. The van der Waals surface area contributed by atoms with Crippen LogP contribution in [0, 0.1) is 11.8 Å². The van der Waals surface area contributed by atoms with Crippen LogP contribution in [-0.4, -0.2) is 39.1 Å². The summed E-state index contributed by atoms with van der Waals surface area (Å²) >= 11 is 0. The van der Waals surface area contributed by atoms with Crippen LogP contribution in [0.2, 0.25) is 0 Å². The van der Waals surface area contributed by atoms with E-state index in [-0.39, 0.29) is 17.6 Å². The Morgan fingerprint density at radius 1 is 1.18 bits per heavy atom. The van der Waals surface area contributed by atoms with Crippen molar-refractivity contribution in [2.24, 2.45) is 11.8 Å². The summed E-state index contributed by atoms with van der Waals surface area (Å²) in [6.45, 7) is 9.40. The van der Waals surface area contributed by atoms with Crippen LogP contribution in [0.5, 0.6) is 11.5 Å². The highest BCUT2D eigenvalue weighted by Gasteiger charge is 2.24. The first-order valence-electron chi connectivity index (χ1n) is 9.96. The van der Waals surface area contributed by atoms with Gasteiger partial charge in [-0.3, -0.25) is 4.79 Å². The van der Waals surface area contributed by atoms with E-state index in [4.69, 9.17) is 8.92 Å². The highest BCUT2D eigenvalue weighted by atomic mass is 32.2. The van der Waals surface area contributed by atoms with Crippen molar-refractivity contribution in [3.63, 3.8) is 0 Å². The second-order valence-corrected chi connectivity index (χ2v) is 9.21. The van der Waals surface area contributed by atoms with Crippen LogP contribution < -0.4 is 8.92 Å². The van der Waals surface area contributed by atoms with Gasteiger partial charge in [0, 0.05) is 19.0 Å². The normalized spacial score (nSPS) is 12.7. The molecular formula is C21H35NO5S. The van der Waals surface area contributed by atoms with Gasteiger partial charge in [-0.25, -0.2) is 0 Å². The Hall–Kier alpha value is -1.76. The SMILES string of the molecule is CCCCC(CC)C(=O)N(Cc1ccc(OC)c(OS(C)(=O)=O)c1)CC(C)C. The lowest BCUT2D eigenvalue weighted by atomic mass is 9.97. The first-order chi connectivity index (χ1) is 13.1. The predicted molar refractivity (Wildman–Crippen MR) is 112 cm³/mol. The van der Waals surface area contributed by atoms with Gasteiger partial charge in [-0.15, -0.1) is 0 Å². The number of nitrogens with zero attached hydrogens (tertiary/aromatic N) is 1. The zero-order valence-electron chi connectivity index (χ0n) is 18.0. The third-order valence-corrected chi connectivity index (χ3v) is 4.97. The molecule has 0 saturated heterocycles. The standard InChI is InChI=1S/C21H35NO5S/c1-7-9-10-18(8-2)21(23)22(14-16(3)4)15-17-11-12-19(26-5)20(13-17)27-28(6,24)25/h11-13,16,18H,7-10,14-15H2,1-6H3. The minimum absolute atomic E-state index is 0.0173. The molecule has 1 aromatic rings. The third-order valence-electron chi connectivity index (χ3n) is 4.49. The lowest BCUT2D eigenvalue weighted by Gasteiger charge is -2.29. The average molecular weight is 414 g/mol. The smallest absolute Gasteiger partial charge is 0.306 e. The van der Waals surface area contributed by atoms with Crippen LogP contribution in [0.3, 0.4) is 0 Å². The van der Waals surface area contributed by atoms with E-state index in [0.717, 1.165) is 37.5 Å². The van der Waals surface area contributed by atoms with Crippen molar-refractivity contribution < 1.29 is 22.1 Å². The van der Waals surface area contributed by atoms with Gasteiger partial charge in [0.05, 0.1) is 13.4 Å². The molecule has 1 rings (SSSR count). The number of carbonyl (C=O) groups excluding carboxylic acids is 1. The Bertz CT molecular complexity index is 730. The van der Waals surface area contributed by atoms with Crippen molar-refractivity contribution in [3.05, 3.63) is 23.8 Å². The number of carbonyl (C=O) groups is 1. The van der Waals surface area contributed by atoms with E-state index in [0.29, 0.717) is 24.8 Å². The van der Waals surface area contributed by atoms with E-state index in [1.807, 2.05) is 11.0 Å².